The molecule has 6 aliphatic rings. The molecule has 3 aromatic rings. The molecule has 9 unspecified atom stereocenters. The van der Waals surface area contributed by atoms with Gasteiger partial charge in [0.2, 0.25) is 17.7 Å². The van der Waals surface area contributed by atoms with E-state index in [2.05, 4.69) is 52.0 Å². The maximum absolute atomic E-state index is 12.1. The Hall–Kier alpha value is -2.69. The first kappa shape index (κ1) is 52.7. The van der Waals surface area contributed by atoms with E-state index in [4.69, 9.17) is 27.9 Å². The quantitative estimate of drug-likeness (QED) is 0.212. The standard InChI is InChI=1S/C18H25NO3S.C17H22ClNO3S.C17H23NO.U.H2/c1-17-9-4-10-18(2,16(19)20)15(17)8-5-12-11-13(23(3,21)22)6-7-14(12)17;1-16-8-3-9-17(2,15(19)20)14(16)7-4-11-10-12(23(18,21)22)5-6-13(11)16;1-16-10-5-11-17(2,15(18)19)14(16)9-8-12-6-3-4-7-13(12)16;;/h6-7,11,15H,4-5,8-10H2,1-3H3,(H2,19,20);5-6,10,14H,3-4,7-9H2,1-2H3,(H2,19,20);3-4,6-7,14H,5,8-11H2,1-2H3,(H2,18,19);;1H/i;;;;1+2. The van der Waals surface area contributed by atoms with Crippen molar-refractivity contribution in [1.29, 1.82) is 0 Å². The monoisotopic (exact) mass is 1190 g/mol. The molecule has 14 heteroatoms. The van der Waals surface area contributed by atoms with Crippen molar-refractivity contribution in [3.05, 3.63) is 94.0 Å². The van der Waals surface area contributed by atoms with E-state index in [0.29, 0.717) is 10.8 Å². The molecule has 3 amide bonds. The fraction of sp³-hybridized carbons (Fsp3) is 0.596. The van der Waals surface area contributed by atoms with E-state index < -0.39 is 29.7 Å². The number of rotatable bonds is 5. The Bertz CT molecular complexity index is 2520. The molecular weight excluding hydrogens is 1120 g/mol. The van der Waals surface area contributed by atoms with Crippen molar-refractivity contribution >= 4 is 47.3 Å². The minimum Gasteiger partial charge on any atom is -0.369 e. The van der Waals surface area contributed by atoms with Crippen molar-refractivity contribution in [3.8, 4) is 0 Å². The SMILES string of the molecule is CC1(C(N)=O)CCCC2(C)c3ccc(S(=O)(=O)Cl)cc3CCC12.CC1(C(N)=O)CCCC2(C)c3ccc(S(C)(=O)=O)cc3CCC12.CC1(C(N)=O)CCCC2(C)c3ccccc3CCC12.[3HH].[U]. The number of carbonyl (C=O) groups is 3. The van der Waals surface area contributed by atoms with Crippen LogP contribution in [-0.4, -0.2) is 40.8 Å². The molecule has 9 rings (SSSR count). The van der Waals surface area contributed by atoms with Crippen LogP contribution in [0.5, 0.6) is 0 Å². The Morgan fingerprint density at radius 1 is 0.530 bits per heavy atom. The molecule has 0 saturated heterocycles. The van der Waals surface area contributed by atoms with Crippen molar-refractivity contribution in [2.24, 2.45) is 51.2 Å². The molecule has 0 spiro atoms. The molecule has 0 radical (unpaired) electrons. The van der Waals surface area contributed by atoms with Gasteiger partial charge in [-0.3, -0.25) is 14.4 Å². The van der Waals surface area contributed by atoms with Crippen LogP contribution in [0.15, 0.2) is 70.5 Å². The van der Waals surface area contributed by atoms with Crippen molar-refractivity contribution in [2.75, 3.05) is 6.26 Å². The second-order valence-electron chi connectivity index (χ2n) is 21.9. The van der Waals surface area contributed by atoms with Gasteiger partial charge in [0, 0.05) is 65.7 Å². The first-order chi connectivity index (χ1) is 30.2. The van der Waals surface area contributed by atoms with Gasteiger partial charge in [-0.25, -0.2) is 16.8 Å². The number of benzene rings is 3. The summed E-state index contributed by atoms with van der Waals surface area (Å²) < 4.78 is 46.8. The first-order valence-corrected chi connectivity index (χ1v) is 27.8. The Morgan fingerprint density at radius 3 is 1.23 bits per heavy atom. The van der Waals surface area contributed by atoms with Crippen molar-refractivity contribution < 1.29 is 63.8 Å². The van der Waals surface area contributed by atoms with Gasteiger partial charge in [-0.05, 0) is 169 Å². The first-order valence-electron chi connectivity index (χ1n) is 23.6. The van der Waals surface area contributed by atoms with Gasteiger partial charge in [-0.1, -0.05) is 97.2 Å². The molecule has 3 saturated carbocycles. The van der Waals surface area contributed by atoms with Crippen LogP contribution in [-0.2, 0) is 68.8 Å². The van der Waals surface area contributed by atoms with Crippen LogP contribution in [0.2, 0.25) is 0 Å². The molecule has 66 heavy (non-hydrogen) atoms. The second-order valence-corrected chi connectivity index (χ2v) is 26.5. The van der Waals surface area contributed by atoms with Gasteiger partial charge in [0.15, 0.2) is 9.84 Å². The van der Waals surface area contributed by atoms with Crippen molar-refractivity contribution in [2.45, 2.75) is 164 Å². The van der Waals surface area contributed by atoms with Crippen LogP contribution in [0.4, 0.5) is 0 Å². The van der Waals surface area contributed by atoms with Crippen LogP contribution < -0.4 is 17.2 Å². The number of carbonyl (C=O) groups excluding carboxylic acids is 3. The molecule has 10 nitrogen and oxygen atoms in total. The summed E-state index contributed by atoms with van der Waals surface area (Å²) in [7, 11) is -1.45. The maximum atomic E-state index is 12.1. The Morgan fingerprint density at radius 2 is 0.864 bits per heavy atom. The van der Waals surface area contributed by atoms with Crippen LogP contribution in [0.25, 0.3) is 0 Å². The van der Waals surface area contributed by atoms with Crippen molar-refractivity contribution in [3.63, 3.8) is 0 Å². The molecule has 360 valence electrons. The Balaban J connectivity index is 0.000000186. The van der Waals surface area contributed by atoms with E-state index in [-0.39, 0.29) is 88.7 Å². The molecule has 3 aromatic carbocycles. The molecule has 0 aliphatic heterocycles. The zero-order valence-corrected chi connectivity index (χ0v) is 46.4. The zero-order valence-electron chi connectivity index (χ0n) is 39.9. The Kier molecular flexibility index (Phi) is 14.8. The van der Waals surface area contributed by atoms with Crippen LogP contribution in [0, 0.1) is 65.1 Å². The molecule has 6 aliphatic carbocycles. The van der Waals surface area contributed by atoms with Crippen LogP contribution in [0.3, 0.4) is 0 Å². The topological polar surface area (TPSA) is 198 Å². The van der Waals surface area contributed by atoms with E-state index in [0.717, 1.165) is 107 Å². The zero-order chi connectivity index (χ0) is 47.8. The van der Waals surface area contributed by atoms with Gasteiger partial charge in [-0.2, -0.15) is 0 Å². The normalized spacial score (nSPS) is 34.2. The third kappa shape index (κ3) is 9.01. The fourth-order valence-electron chi connectivity index (χ4n) is 14.6. The average Bonchev–Trinajstić information content (AvgIpc) is 3.23. The summed E-state index contributed by atoms with van der Waals surface area (Å²) in [4.78, 5) is 36.7. The van der Waals surface area contributed by atoms with Gasteiger partial charge >= 0.3 is 0 Å². The predicted molar refractivity (Wildman–Crippen MR) is 259 cm³/mol. The maximum Gasteiger partial charge on any atom is 0.261 e. The molecule has 0 heterocycles. The number of amides is 3. The number of hydrogen-bond acceptors (Lipinski definition) is 7. The van der Waals surface area contributed by atoms with Crippen LogP contribution >= 0.6 is 10.7 Å². The minimum atomic E-state index is -3.72. The van der Waals surface area contributed by atoms with E-state index in [9.17, 15) is 31.2 Å². The Labute approximate surface area is 423 Å². The number of nitrogens with two attached hydrogens (primary N) is 3. The third-order valence-corrected chi connectivity index (χ3v) is 20.8. The van der Waals surface area contributed by atoms with E-state index in [1.54, 1.807) is 18.2 Å². The number of fused-ring (bicyclic) bond motifs is 9. The number of halogens is 1. The summed E-state index contributed by atoms with van der Waals surface area (Å²) in [6.07, 6.45) is 15.5. The number of hydrogen-bond donors (Lipinski definition) is 3. The van der Waals surface area contributed by atoms with Gasteiger partial charge < -0.3 is 17.2 Å². The third-order valence-electron chi connectivity index (χ3n) is 18.3. The summed E-state index contributed by atoms with van der Waals surface area (Å²) in [6.45, 7) is 12.8. The van der Waals surface area contributed by atoms with E-state index in [1.807, 2.05) is 32.0 Å². The second kappa shape index (κ2) is 18.6. The summed E-state index contributed by atoms with van der Waals surface area (Å²) in [6, 6.07) is 19.4. The van der Waals surface area contributed by atoms with Gasteiger partial charge in [0.05, 0.1) is 9.79 Å². The van der Waals surface area contributed by atoms with Crippen LogP contribution in [0.1, 0.15) is 153 Å². The van der Waals surface area contributed by atoms with Crippen molar-refractivity contribution in [1.82, 2.24) is 0 Å². The molecular formula is C52H72ClN3O7S2U. The smallest absolute Gasteiger partial charge is 0.261 e. The van der Waals surface area contributed by atoms with E-state index in [1.165, 1.54) is 29.4 Å². The molecule has 0 bridgehead atoms. The summed E-state index contributed by atoms with van der Waals surface area (Å²) in [5.74, 6) is 0.260. The number of aryl methyl sites for hydroxylation is 3. The predicted octanol–water partition coefficient (Wildman–Crippen LogP) is 9.12. The molecule has 6 N–H and O–H groups in total. The summed E-state index contributed by atoms with van der Waals surface area (Å²) >= 11 is 0. The molecule has 3 fully saturated rings. The average molecular weight is 1190 g/mol. The van der Waals surface area contributed by atoms with Gasteiger partial charge in [0.25, 0.3) is 9.05 Å². The van der Waals surface area contributed by atoms with E-state index >= 15 is 0 Å². The largest absolute Gasteiger partial charge is 0.369 e. The fourth-order valence-corrected chi connectivity index (χ4v) is 16.1. The minimum absolute atomic E-state index is 0. The summed E-state index contributed by atoms with van der Waals surface area (Å²) in [5.41, 5.74) is 23.2. The number of primary amides is 3. The number of sulfone groups is 1. The molecule has 0 aromatic heterocycles. The summed E-state index contributed by atoms with van der Waals surface area (Å²) in [5, 5.41) is 0. The van der Waals surface area contributed by atoms with Gasteiger partial charge in [-0.15, -0.1) is 0 Å². The molecule has 9 atom stereocenters. The van der Waals surface area contributed by atoms with Gasteiger partial charge in [0.1, 0.15) is 0 Å².